The van der Waals surface area contributed by atoms with Crippen LogP contribution in [0.2, 0.25) is 0 Å². The van der Waals surface area contributed by atoms with Crippen molar-refractivity contribution in [2.45, 2.75) is 12.8 Å². The highest BCUT2D eigenvalue weighted by atomic mass is 19.3. The van der Waals surface area contributed by atoms with E-state index in [-0.39, 0.29) is 11.3 Å². The van der Waals surface area contributed by atoms with E-state index in [0.29, 0.717) is 5.56 Å². The van der Waals surface area contributed by atoms with Gasteiger partial charge in [0.05, 0.1) is 11.5 Å². The van der Waals surface area contributed by atoms with Crippen LogP contribution < -0.4 is 5.32 Å². The monoisotopic (exact) mass is 274 g/mol. The largest absolute Gasteiger partial charge is 0.390 e. The Morgan fingerprint density at radius 3 is 2.63 bits per heavy atom. The van der Waals surface area contributed by atoms with E-state index in [1.165, 1.54) is 19.1 Å². The van der Waals surface area contributed by atoms with Crippen molar-refractivity contribution in [2.24, 2.45) is 0 Å². The minimum atomic E-state index is -3.40. The Kier molecular flexibility index (Phi) is 4.49. The van der Waals surface area contributed by atoms with Gasteiger partial charge < -0.3 is 10.4 Å². The minimum absolute atomic E-state index is 0.0688. The molecule has 19 heavy (non-hydrogen) atoms. The number of carbonyl (C=O) groups excluding carboxylic acids is 1. The summed E-state index contributed by atoms with van der Waals surface area (Å²) >= 11 is 0. The van der Waals surface area contributed by atoms with E-state index in [2.05, 4.69) is 0 Å². The van der Waals surface area contributed by atoms with Crippen LogP contribution in [0, 0.1) is 17.0 Å². The summed E-state index contributed by atoms with van der Waals surface area (Å²) in [6.07, 6.45) is 0. The number of aliphatic hydroxyl groups is 1. The van der Waals surface area contributed by atoms with Gasteiger partial charge in [-0.25, -0.2) is 8.78 Å². The number of nitro benzene ring substituents is 1. The van der Waals surface area contributed by atoms with Gasteiger partial charge in [0, 0.05) is 17.7 Å². The Labute approximate surface area is 107 Å². The van der Waals surface area contributed by atoms with Crippen LogP contribution in [0.25, 0.3) is 0 Å². The molecule has 0 radical (unpaired) electrons. The van der Waals surface area contributed by atoms with E-state index in [9.17, 15) is 23.7 Å². The van der Waals surface area contributed by atoms with Crippen molar-refractivity contribution >= 4 is 11.6 Å². The van der Waals surface area contributed by atoms with Gasteiger partial charge in [-0.05, 0) is 18.6 Å². The maximum absolute atomic E-state index is 12.7. The summed E-state index contributed by atoms with van der Waals surface area (Å²) in [7, 11) is 0. The number of aryl methyl sites for hydroxylation is 1. The highest BCUT2D eigenvalue weighted by Gasteiger charge is 2.28. The molecule has 0 saturated heterocycles. The second-order valence-electron chi connectivity index (χ2n) is 3.95. The molecule has 0 heterocycles. The number of benzene rings is 1. The van der Waals surface area contributed by atoms with E-state index in [1.54, 1.807) is 0 Å². The third-order valence-electron chi connectivity index (χ3n) is 2.40. The fraction of sp³-hybridized carbons (Fsp3) is 0.364. The van der Waals surface area contributed by atoms with Crippen molar-refractivity contribution in [3.63, 3.8) is 0 Å². The summed E-state index contributed by atoms with van der Waals surface area (Å²) in [6, 6.07) is 3.49. The van der Waals surface area contributed by atoms with E-state index in [4.69, 9.17) is 5.11 Å². The predicted molar refractivity (Wildman–Crippen MR) is 62.2 cm³/mol. The van der Waals surface area contributed by atoms with Crippen molar-refractivity contribution < 1.29 is 23.6 Å². The number of nitrogens with zero attached hydrogens (tertiary/aromatic N) is 1. The summed E-state index contributed by atoms with van der Waals surface area (Å²) in [6.45, 7) is -0.905. The lowest BCUT2D eigenvalue weighted by molar-refractivity contribution is -0.384. The normalized spacial score (nSPS) is 11.2. The molecule has 1 amide bonds. The van der Waals surface area contributed by atoms with Gasteiger partial charge in [-0.15, -0.1) is 0 Å². The van der Waals surface area contributed by atoms with Crippen LogP contribution in [0.15, 0.2) is 18.2 Å². The van der Waals surface area contributed by atoms with Crippen LogP contribution in [0.3, 0.4) is 0 Å². The number of amides is 1. The number of carbonyl (C=O) groups is 1. The van der Waals surface area contributed by atoms with Crippen LogP contribution in [-0.2, 0) is 0 Å². The van der Waals surface area contributed by atoms with Crippen molar-refractivity contribution in [3.05, 3.63) is 39.4 Å². The second kappa shape index (κ2) is 5.70. The summed E-state index contributed by atoms with van der Waals surface area (Å²) in [4.78, 5) is 21.5. The van der Waals surface area contributed by atoms with Crippen molar-refractivity contribution in [3.8, 4) is 0 Å². The zero-order valence-electron chi connectivity index (χ0n) is 10.0. The van der Waals surface area contributed by atoms with Crippen molar-refractivity contribution in [2.75, 3.05) is 13.2 Å². The molecule has 0 atom stereocenters. The Morgan fingerprint density at radius 2 is 2.16 bits per heavy atom. The number of hydrogen-bond donors (Lipinski definition) is 2. The van der Waals surface area contributed by atoms with Gasteiger partial charge in [0.25, 0.3) is 17.5 Å². The lowest BCUT2D eigenvalue weighted by atomic mass is 10.1. The van der Waals surface area contributed by atoms with Crippen LogP contribution in [0.4, 0.5) is 14.5 Å². The fourth-order valence-electron chi connectivity index (χ4n) is 1.38. The molecule has 0 aliphatic carbocycles. The smallest absolute Gasteiger partial charge is 0.287 e. The SMILES string of the molecule is Cc1cc([N+](=O)[O-])ccc1C(=O)NCC(F)(F)CO. The molecule has 0 aromatic heterocycles. The molecule has 104 valence electrons. The maximum atomic E-state index is 12.7. The first-order valence-electron chi connectivity index (χ1n) is 5.29. The average Bonchev–Trinajstić information content (AvgIpc) is 2.36. The summed E-state index contributed by atoms with van der Waals surface area (Å²) in [5.41, 5.74) is 0.188. The quantitative estimate of drug-likeness (QED) is 0.624. The molecule has 8 heteroatoms. The molecule has 0 spiro atoms. The number of non-ortho nitro benzene ring substituents is 1. The lowest BCUT2D eigenvalue weighted by Gasteiger charge is -2.14. The van der Waals surface area contributed by atoms with Gasteiger partial charge in [0.2, 0.25) is 0 Å². The number of hydrogen-bond acceptors (Lipinski definition) is 4. The Bertz CT molecular complexity index is 505. The average molecular weight is 274 g/mol. The van der Waals surface area contributed by atoms with E-state index in [0.717, 1.165) is 6.07 Å². The van der Waals surface area contributed by atoms with E-state index in [1.807, 2.05) is 5.32 Å². The van der Waals surface area contributed by atoms with Gasteiger partial charge in [0.1, 0.15) is 6.61 Å². The molecule has 1 aromatic carbocycles. The lowest BCUT2D eigenvalue weighted by Crippen LogP contribution is -2.39. The van der Waals surface area contributed by atoms with Gasteiger partial charge in [-0.3, -0.25) is 14.9 Å². The standard InChI is InChI=1S/C11H12F2N2O4/c1-7-4-8(15(18)19)2-3-9(7)10(17)14-5-11(12,13)6-16/h2-4,16H,5-6H2,1H3,(H,14,17). The predicted octanol–water partition coefficient (Wildman–Crippen LogP) is 1.26. The number of rotatable bonds is 5. The highest BCUT2D eigenvalue weighted by Crippen LogP contribution is 2.17. The van der Waals surface area contributed by atoms with Gasteiger partial charge in [0.15, 0.2) is 0 Å². The topological polar surface area (TPSA) is 92.5 Å². The number of nitrogens with one attached hydrogen (secondary N) is 1. The minimum Gasteiger partial charge on any atom is -0.390 e. The molecule has 0 bridgehead atoms. The summed E-state index contributed by atoms with van der Waals surface area (Å²) in [5, 5.41) is 20.8. The molecule has 1 rings (SSSR count). The molecule has 1 aromatic rings. The first-order valence-corrected chi connectivity index (χ1v) is 5.29. The fourth-order valence-corrected chi connectivity index (χ4v) is 1.38. The number of alkyl halides is 2. The first kappa shape index (κ1) is 15.0. The molecule has 0 aliphatic heterocycles. The molecule has 0 unspecified atom stereocenters. The second-order valence-corrected chi connectivity index (χ2v) is 3.95. The third-order valence-corrected chi connectivity index (χ3v) is 2.40. The van der Waals surface area contributed by atoms with Crippen molar-refractivity contribution in [1.82, 2.24) is 5.32 Å². The summed E-state index contributed by atoms with van der Waals surface area (Å²) < 4.78 is 25.5. The molecule has 6 nitrogen and oxygen atoms in total. The van der Waals surface area contributed by atoms with E-state index >= 15 is 0 Å². The molecular formula is C11H12F2N2O4. The third kappa shape index (κ3) is 3.95. The van der Waals surface area contributed by atoms with Crippen LogP contribution in [-0.4, -0.2) is 35.0 Å². The number of nitro groups is 1. The van der Waals surface area contributed by atoms with Crippen LogP contribution >= 0.6 is 0 Å². The number of halogens is 2. The Hall–Kier alpha value is -2.09. The highest BCUT2D eigenvalue weighted by molar-refractivity contribution is 5.95. The summed E-state index contributed by atoms with van der Waals surface area (Å²) in [5.74, 6) is -4.18. The number of aliphatic hydroxyl groups excluding tert-OH is 1. The van der Waals surface area contributed by atoms with Gasteiger partial charge in [-0.1, -0.05) is 0 Å². The Morgan fingerprint density at radius 1 is 1.53 bits per heavy atom. The zero-order valence-corrected chi connectivity index (χ0v) is 10.0. The van der Waals surface area contributed by atoms with Crippen LogP contribution in [0.1, 0.15) is 15.9 Å². The van der Waals surface area contributed by atoms with Crippen LogP contribution in [0.5, 0.6) is 0 Å². The molecule has 0 fully saturated rings. The molecule has 0 aliphatic rings. The van der Waals surface area contributed by atoms with E-state index < -0.39 is 29.9 Å². The van der Waals surface area contributed by atoms with Gasteiger partial charge >= 0.3 is 0 Å². The van der Waals surface area contributed by atoms with Crippen molar-refractivity contribution in [1.29, 1.82) is 0 Å². The molecular weight excluding hydrogens is 262 g/mol. The molecule has 0 saturated carbocycles. The molecule has 2 N–H and O–H groups in total. The Balaban J connectivity index is 2.81. The van der Waals surface area contributed by atoms with Gasteiger partial charge in [-0.2, -0.15) is 0 Å². The first-order chi connectivity index (χ1) is 8.76. The zero-order chi connectivity index (χ0) is 14.6. The maximum Gasteiger partial charge on any atom is 0.287 e.